The molecule has 0 aromatic carbocycles. The van der Waals surface area contributed by atoms with E-state index in [1.165, 1.54) is 0 Å². The first-order valence-corrected chi connectivity index (χ1v) is 6.25. The van der Waals surface area contributed by atoms with Gasteiger partial charge in [-0.05, 0) is 11.6 Å². The molecule has 0 bridgehead atoms. The molecule has 8 heteroatoms. The summed E-state index contributed by atoms with van der Waals surface area (Å²) in [5.74, 6) is 1.22. The van der Waals surface area contributed by atoms with Crippen LogP contribution in [0.4, 0.5) is 0 Å². The second kappa shape index (κ2) is 9.29. The van der Waals surface area contributed by atoms with Crippen molar-refractivity contribution in [2.45, 2.75) is 6.54 Å². The maximum absolute atomic E-state index is 5.72. The van der Waals surface area contributed by atoms with Gasteiger partial charge in [-0.15, -0.1) is 24.0 Å². The van der Waals surface area contributed by atoms with Crippen LogP contribution < -0.4 is 11.1 Å². The van der Waals surface area contributed by atoms with Crippen molar-refractivity contribution in [3.63, 3.8) is 0 Å². The summed E-state index contributed by atoms with van der Waals surface area (Å²) in [6.07, 6.45) is 7.04. The van der Waals surface area contributed by atoms with Crippen LogP contribution in [-0.4, -0.2) is 40.8 Å². The average Bonchev–Trinajstić information content (AvgIpc) is 3.00. The second-order valence-electron chi connectivity index (χ2n) is 4.12. The molecule has 0 fully saturated rings. The van der Waals surface area contributed by atoms with Crippen molar-refractivity contribution in [2.75, 3.05) is 20.3 Å². The molecule has 0 unspecified atom stereocenters. The quantitative estimate of drug-likeness (QED) is 0.325. The van der Waals surface area contributed by atoms with Crippen molar-refractivity contribution < 1.29 is 4.74 Å². The number of nitrogens with one attached hydrogen (secondary N) is 1. The molecular weight excluding hydrogens is 383 g/mol. The Bertz CT molecular complexity index is 540. The number of hydrogen-bond acceptors (Lipinski definition) is 4. The van der Waals surface area contributed by atoms with Gasteiger partial charge in [0.05, 0.1) is 13.2 Å². The van der Waals surface area contributed by atoms with E-state index in [1.54, 1.807) is 25.8 Å². The van der Waals surface area contributed by atoms with Gasteiger partial charge in [-0.1, -0.05) is 6.07 Å². The second-order valence-corrected chi connectivity index (χ2v) is 4.12. The normalized spacial score (nSPS) is 11.0. The zero-order valence-electron chi connectivity index (χ0n) is 11.8. The van der Waals surface area contributed by atoms with E-state index >= 15 is 0 Å². The summed E-state index contributed by atoms with van der Waals surface area (Å²) in [4.78, 5) is 12.6. The van der Waals surface area contributed by atoms with Crippen LogP contribution in [0.1, 0.15) is 5.56 Å². The third-order valence-corrected chi connectivity index (χ3v) is 2.62. The molecule has 2 aromatic rings. The van der Waals surface area contributed by atoms with Gasteiger partial charge in [0, 0.05) is 32.2 Å². The lowest BCUT2D eigenvalue weighted by Gasteiger charge is -2.05. The van der Waals surface area contributed by atoms with E-state index in [4.69, 9.17) is 10.5 Å². The van der Waals surface area contributed by atoms with Crippen LogP contribution in [0.5, 0.6) is 0 Å². The summed E-state index contributed by atoms with van der Waals surface area (Å²) in [5.41, 5.74) is 6.71. The van der Waals surface area contributed by atoms with E-state index in [9.17, 15) is 0 Å². The molecule has 0 amide bonds. The van der Waals surface area contributed by atoms with Crippen molar-refractivity contribution in [3.05, 3.63) is 42.6 Å². The summed E-state index contributed by atoms with van der Waals surface area (Å²) in [6, 6.07) is 3.88. The van der Waals surface area contributed by atoms with Gasteiger partial charge in [-0.2, -0.15) is 0 Å². The lowest BCUT2D eigenvalue weighted by atomic mass is 10.3. The number of guanidine groups is 1. The Morgan fingerprint density at radius 2 is 2.33 bits per heavy atom. The molecule has 3 N–H and O–H groups in total. The number of hydrogen-bond donors (Lipinski definition) is 2. The number of rotatable bonds is 6. The highest BCUT2D eigenvalue weighted by Crippen LogP contribution is 2.06. The summed E-state index contributed by atoms with van der Waals surface area (Å²) < 4.78 is 6.75. The van der Waals surface area contributed by atoms with Gasteiger partial charge in [-0.3, -0.25) is 4.57 Å². The Morgan fingerprint density at radius 3 is 2.95 bits per heavy atom. The number of methoxy groups -OCH3 is 1. The Kier molecular flexibility index (Phi) is 7.69. The Hall–Kier alpha value is -1.68. The van der Waals surface area contributed by atoms with Crippen molar-refractivity contribution in [3.8, 4) is 5.82 Å². The summed E-state index contributed by atoms with van der Waals surface area (Å²) >= 11 is 0. The van der Waals surface area contributed by atoms with Crippen LogP contribution in [0.2, 0.25) is 0 Å². The van der Waals surface area contributed by atoms with Gasteiger partial charge >= 0.3 is 0 Å². The average molecular weight is 402 g/mol. The molecule has 0 aliphatic carbocycles. The Morgan fingerprint density at radius 1 is 1.48 bits per heavy atom. The minimum Gasteiger partial charge on any atom is -0.383 e. The minimum atomic E-state index is 0. The van der Waals surface area contributed by atoms with Gasteiger partial charge in [0.2, 0.25) is 0 Å². The molecule has 0 radical (unpaired) electrons. The van der Waals surface area contributed by atoms with Gasteiger partial charge in [0.15, 0.2) is 5.96 Å². The van der Waals surface area contributed by atoms with Crippen LogP contribution in [0.15, 0.2) is 42.0 Å². The molecule has 0 aliphatic rings. The summed E-state index contributed by atoms with van der Waals surface area (Å²) in [5, 5.41) is 2.96. The maximum Gasteiger partial charge on any atom is 0.188 e. The number of nitrogens with two attached hydrogens (primary N) is 1. The fraction of sp³-hybridized carbons (Fsp3) is 0.308. The molecule has 0 saturated heterocycles. The number of halogens is 1. The molecule has 114 valence electrons. The SMILES string of the molecule is COCCNC(N)=NCc1ccc(-n2ccnc2)nc1.I. The number of aliphatic imine (C=N–C) groups is 1. The monoisotopic (exact) mass is 402 g/mol. The van der Waals surface area contributed by atoms with Crippen LogP contribution in [0.25, 0.3) is 5.82 Å². The van der Waals surface area contributed by atoms with Crippen LogP contribution >= 0.6 is 24.0 Å². The standard InChI is InChI=1S/C13H18N6O.HI/c1-20-7-5-16-13(14)18-9-11-2-3-12(17-8-11)19-6-4-15-10-19;/h2-4,6,8,10H,5,7,9H2,1H3,(H3,14,16,18);1H. The molecule has 21 heavy (non-hydrogen) atoms. The number of aromatic nitrogens is 3. The third kappa shape index (κ3) is 5.68. The third-order valence-electron chi connectivity index (χ3n) is 2.62. The van der Waals surface area contributed by atoms with E-state index in [2.05, 4.69) is 20.3 Å². The molecule has 0 spiro atoms. The van der Waals surface area contributed by atoms with Crippen molar-refractivity contribution in [1.29, 1.82) is 0 Å². The highest BCUT2D eigenvalue weighted by atomic mass is 127. The first kappa shape index (κ1) is 17.4. The summed E-state index contributed by atoms with van der Waals surface area (Å²) in [6.45, 7) is 1.73. The van der Waals surface area contributed by atoms with Crippen molar-refractivity contribution in [2.24, 2.45) is 10.7 Å². The molecule has 0 saturated carbocycles. The Labute approximate surface area is 140 Å². The van der Waals surface area contributed by atoms with Crippen LogP contribution in [0, 0.1) is 0 Å². The van der Waals surface area contributed by atoms with Crippen LogP contribution in [-0.2, 0) is 11.3 Å². The van der Waals surface area contributed by atoms with Gasteiger partial charge in [0.25, 0.3) is 0 Å². The number of nitrogens with zero attached hydrogens (tertiary/aromatic N) is 4. The molecular formula is C13H19IN6O. The first-order chi connectivity index (χ1) is 9.79. The Balaban J connectivity index is 0.00000220. The van der Waals surface area contributed by atoms with E-state index in [-0.39, 0.29) is 24.0 Å². The number of imidazole rings is 1. The highest BCUT2D eigenvalue weighted by Gasteiger charge is 1.98. The molecule has 2 rings (SSSR count). The predicted molar refractivity (Wildman–Crippen MR) is 92.0 cm³/mol. The largest absolute Gasteiger partial charge is 0.383 e. The van der Waals surface area contributed by atoms with Crippen LogP contribution in [0.3, 0.4) is 0 Å². The zero-order valence-corrected chi connectivity index (χ0v) is 14.1. The fourth-order valence-electron chi connectivity index (χ4n) is 1.57. The first-order valence-electron chi connectivity index (χ1n) is 6.25. The molecule has 7 nitrogen and oxygen atoms in total. The number of pyridine rings is 1. The summed E-state index contributed by atoms with van der Waals surface area (Å²) in [7, 11) is 1.64. The molecule has 2 aromatic heterocycles. The lowest BCUT2D eigenvalue weighted by Crippen LogP contribution is -2.34. The van der Waals surface area contributed by atoms with Gasteiger partial charge < -0.3 is 15.8 Å². The topological polar surface area (TPSA) is 90.3 Å². The van der Waals surface area contributed by atoms with Gasteiger partial charge in [0.1, 0.15) is 12.1 Å². The molecule has 2 heterocycles. The zero-order chi connectivity index (χ0) is 14.2. The fourth-order valence-corrected chi connectivity index (χ4v) is 1.57. The van der Waals surface area contributed by atoms with E-state index in [0.717, 1.165) is 11.4 Å². The lowest BCUT2D eigenvalue weighted by molar-refractivity contribution is 0.204. The predicted octanol–water partition coefficient (Wildman–Crippen LogP) is 0.936. The highest BCUT2D eigenvalue weighted by molar-refractivity contribution is 14.0. The van der Waals surface area contributed by atoms with Crippen molar-refractivity contribution in [1.82, 2.24) is 19.9 Å². The smallest absolute Gasteiger partial charge is 0.188 e. The van der Waals surface area contributed by atoms with E-state index < -0.39 is 0 Å². The maximum atomic E-state index is 5.72. The number of ether oxygens (including phenoxy) is 1. The minimum absolute atomic E-state index is 0. The van der Waals surface area contributed by atoms with Gasteiger partial charge in [-0.25, -0.2) is 15.0 Å². The van der Waals surface area contributed by atoms with E-state index in [0.29, 0.717) is 25.7 Å². The van der Waals surface area contributed by atoms with E-state index in [1.807, 2.05) is 22.9 Å². The molecule has 0 atom stereocenters. The molecule has 0 aliphatic heterocycles. The van der Waals surface area contributed by atoms with Crippen molar-refractivity contribution >= 4 is 29.9 Å².